The van der Waals surface area contributed by atoms with E-state index in [-0.39, 0.29) is 19.6 Å². The van der Waals surface area contributed by atoms with Crippen LogP contribution in [0.5, 0.6) is 0 Å². The van der Waals surface area contributed by atoms with Crippen molar-refractivity contribution in [1.29, 1.82) is 0 Å². The molecule has 2 amide bonds. The van der Waals surface area contributed by atoms with Gasteiger partial charge >= 0.3 is 12.0 Å². The van der Waals surface area contributed by atoms with Gasteiger partial charge in [-0.3, -0.25) is 0 Å². The fourth-order valence-electron chi connectivity index (χ4n) is 0.727. The highest BCUT2D eigenvalue weighted by Crippen LogP contribution is 1.90. The number of carboxylic acids is 1. The average molecular weight is 200 g/mol. The summed E-state index contributed by atoms with van der Waals surface area (Å²) in [6.45, 7) is -0.288. The number of carboxylic acid groups (broad SMARTS) is 1. The van der Waals surface area contributed by atoms with E-state index < -0.39 is 18.0 Å². The molecular weight excluding hydrogens is 188 g/mol. The standard InChI is InChI=1S/C8H12N2O4/c1-2-4-9-8(14)10-6(3-5-11)7(12)13/h1,6,11H,3-5H2,(H,12,13)(H2,9,10,14)/t6-/m1/s1. The van der Waals surface area contributed by atoms with Crippen molar-refractivity contribution >= 4 is 12.0 Å². The molecule has 0 bridgehead atoms. The molecule has 0 aromatic rings. The molecule has 0 radical (unpaired) electrons. The highest BCUT2D eigenvalue weighted by atomic mass is 16.4. The minimum atomic E-state index is -1.20. The van der Waals surface area contributed by atoms with Gasteiger partial charge in [-0.05, 0) is 0 Å². The summed E-state index contributed by atoms with van der Waals surface area (Å²) in [5, 5.41) is 21.5. The number of hydrogen-bond acceptors (Lipinski definition) is 3. The Labute approximate surface area is 81.3 Å². The van der Waals surface area contributed by atoms with Crippen LogP contribution < -0.4 is 10.6 Å². The van der Waals surface area contributed by atoms with Crippen molar-refractivity contribution in [2.24, 2.45) is 0 Å². The predicted molar refractivity (Wildman–Crippen MR) is 48.5 cm³/mol. The van der Waals surface area contributed by atoms with Crippen LogP contribution in [0.15, 0.2) is 0 Å². The summed E-state index contributed by atoms with van der Waals surface area (Å²) in [7, 11) is 0. The zero-order chi connectivity index (χ0) is 11.0. The monoisotopic (exact) mass is 200 g/mol. The van der Waals surface area contributed by atoms with E-state index in [1.807, 2.05) is 0 Å². The molecule has 0 unspecified atom stereocenters. The second kappa shape index (κ2) is 6.74. The predicted octanol–water partition coefficient (Wildman–Crippen LogP) is -1.25. The molecule has 6 nitrogen and oxygen atoms in total. The molecule has 4 N–H and O–H groups in total. The maximum Gasteiger partial charge on any atom is 0.326 e. The van der Waals surface area contributed by atoms with E-state index in [9.17, 15) is 9.59 Å². The summed E-state index contributed by atoms with van der Waals surface area (Å²) in [5.74, 6) is 0.965. The summed E-state index contributed by atoms with van der Waals surface area (Å²) >= 11 is 0. The summed E-state index contributed by atoms with van der Waals surface area (Å²) < 4.78 is 0. The van der Waals surface area contributed by atoms with E-state index in [4.69, 9.17) is 16.6 Å². The Morgan fingerprint density at radius 1 is 1.50 bits per heavy atom. The molecule has 0 aliphatic heterocycles. The van der Waals surface area contributed by atoms with Gasteiger partial charge in [-0.25, -0.2) is 9.59 Å². The number of rotatable bonds is 5. The lowest BCUT2D eigenvalue weighted by atomic mass is 10.2. The van der Waals surface area contributed by atoms with Crippen molar-refractivity contribution in [2.75, 3.05) is 13.2 Å². The molecule has 0 heterocycles. The van der Waals surface area contributed by atoms with E-state index in [0.29, 0.717) is 0 Å². The molecule has 0 saturated heterocycles. The molecule has 0 aromatic carbocycles. The molecule has 0 aliphatic carbocycles. The van der Waals surface area contributed by atoms with Gasteiger partial charge in [0.25, 0.3) is 0 Å². The van der Waals surface area contributed by atoms with Gasteiger partial charge in [-0.1, -0.05) is 5.92 Å². The molecule has 0 spiro atoms. The molecule has 14 heavy (non-hydrogen) atoms. The molecule has 78 valence electrons. The van der Waals surface area contributed by atoms with Crippen molar-refractivity contribution in [3.8, 4) is 12.3 Å². The summed E-state index contributed by atoms with van der Waals surface area (Å²) in [4.78, 5) is 21.4. The lowest BCUT2D eigenvalue weighted by Crippen LogP contribution is -2.46. The van der Waals surface area contributed by atoms with Crippen molar-refractivity contribution in [3.05, 3.63) is 0 Å². The summed E-state index contributed by atoms with van der Waals surface area (Å²) in [5.41, 5.74) is 0. The fraction of sp³-hybridized carbons (Fsp3) is 0.500. The third-order valence-electron chi connectivity index (χ3n) is 1.37. The van der Waals surface area contributed by atoms with Crippen molar-refractivity contribution in [2.45, 2.75) is 12.5 Å². The van der Waals surface area contributed by atoms with Crippen molar-refractivity contribution in [1.82, 2.24) is 10.6 Å². The van der Waals surface area contributed by atoms with Gasteiger partial charge < -0.3 is 20.8 Å². The molecule has 0 rings (SSSR count). The largest absolute Gasteiger partial charge is 0.480 e. The molecule has 6 heteroatoms. The molecule has 0 aliphatic rings. The first kappa shape index (κ1) is 12.3. The van der Waals surface area contributed by atoms with Gasteiger partial charge in [-0.15, -0.1) is 6.42 Å². The summed E-state index contributed by atoms with van der Waals surface area (Å²) in [6.07, 6.45) is 4.83. The zero-order valence-corrected chi connectivity index (χ0v) is 7.49. The second-order valence-electron chi connectivity index (χ2n) is 2.43. The van der Waals surface area contributed by atoms with Gasteiger partial charge in [0.2, 0.25) is 0 Å². The minimum Gasteiger partial charge on any atom is -0.480 e. The highest BCUT2D eigenvalue weighted by molar-refractivity contribution is 5.82. The maximum atomic E-state index is 10.9. The fourth-order valence-corrected chi connectivity index (χ4v) is 0.727. The Balaban J connectivity index is 3.97. The van der Waals surface area contributed by atoms with Gasteiger partial charge in [0, 0.05) is 13.0 Å². The first-order valence-corrected chi connectivity index (χ1v) is 3.93. The summed E-state index contributed by atoms with van der Waals surface area (Å²) in [6, 6.07) is -1.76. The van der Waals surface area contributed by atoms with Crippen molar-refractivity contribution < 1.29 is 19.8 Å². The number of terminal acetylenes is 1. The molecule has 0 saturated carbocycles. The maximum absolute atomic E-state index is 10.9. The van der Waals surface area contributed by atoms with Crippen LogP contribution in [-0.2, 0) is 4.79 Å². The minimum absolute atomic E-state index is 0.0251. The third-order valence-corrected chi connectivity index (χ3v) is 1.37. The Bertz CT molecular complexity index is 246. The number of carbonyl (C=O) groups is 2. The van der Waals surface area contributed by atoms with E-state index >= 15 is 0 Å². The topological polar surface area (TPSA) is 98.7 Å². The van der Waals surface area contributed by atoms with Crippen LogP contribution in [0.25, 0.3) is 0 Å². The molecule has 1 atom stereocenters. The lowest BCUT2D eigenvalue weighted by Gasteiger charge is -2.12. The van der Waals surface area contributed by atoms with Crippen LogP contribution in [0.3, 0.4) is 0 Å². The average Bonchev–Trinajstić information content (AvgIpc) is 2.14. The quantitative estimate of drug-likeness (QED) is 0.417. The highest BCUT2D eigenvalue weighted by Gasteiger charge is 2.18. The smallest absolute Gasteiger partial charge is 0.326 e. The Morgan fingerprint density at radius 2 is 2.14 bits per heavy atom. The van der Waals surface area contributed by atoms with Crippen molar-refractivity contribution in [3.63, 3.8) is 0 Å². The first-order valence-electron chi connectivity index (χ1n) is 3.93. The number of aliphatic hydroxyl groups is 1. The zero-order valence-electron chi connectivity index (χ0n) is 7.49. The van der Waals surface area contributed by atoms with Crippen LogP contribution >= 0.6 is 0 Å². The van der Waals surface area contributed by atoms with E-state index in [1.54, 1.807) is 0 Å². The van der Waals surface area contributed by atoms with Crippen LogP contribution in [0.1, 0.15) is 6.42 Å². The Morgan fingerprint density at radius 3 is 2.57 bits per heavy atom. The van der Waals surface area contributed by atoms with E-state index in [0.717, 1.165) is 0 Å². The van der Waals surface area contributed by atoms with Crippen LogP contribution in [-0.4, -0.2) is 41.4 Å². The van der Waals surface area contributed by atoms with Gasteiger partial charge in [0.1, 0.15) is 6.04 Å². The van der Waals surface area contributed by atoms with Gasteiger partial charge in [0.05, 0.1) is 6.54 Å². The van der Waals surface area contributed by atoms with Crippen LogP contribution in [0, 0.1) is 12.3 Å². The lowest BCUT2D eigenvalue weighted by molar-refractivity contribution is -0.139. The number of amides is 2. The molecule has 0 aromatic heterocycles. The van der Waals surface area contributed by atoms with E-state index in [1.165, 1.54) is 0 Å². The van der Waals surface area contributed by atoms with Crippen LogP contribution in [0.4, 0.5) is 4.79 Å². The van der Waals surface area contributed by atoms with E-state index in [2.05, 4.69) is 16.6 Å². The second-order valence-corrected chi connectivity index (χ2v) is 2.43. The number of hydrogen-bond donors (Lipinski definition) is 4. The number of aliphatic hydroxyl groups excluding tert-OH is 1. The van der Waals surface area contributed by atoms with Gasteiger partial charge in [0.15, 0.2) is 0 Å². The molecular formula is C8H12N2O4. The number of aliphatic carboxylic acids is 1. The molecule has 0 fully saturated rings. The number of nitrogens with one attached hydrogen (secondary N) is 2. The van der Waals surface area contributed by atoms with Crippen LogP contribution in [0.2, 0.25) is 0 Å². The first-order chi connectivity index (χ1) is 6.61. The Hall–Kier alpha value is -1.74. The Kier molecular flexibility index (Phi) is 5.90. The number of urea groups is 1. The SMILES string of the molecule is C#CCNC(=O)N[C@H](CCO)C(=O)O. The normalized spacial score (nSPS) is 11.1. The van der Waals surface area contributed by atoms with Gasteiger partial charge in [-0.2, -0.15) is 0 Å². The third kappa shape index (κ3) is 5.00. The number of carbonyl (C=O) groups excluding carboxylic acids is 1.